The average molecular weight is 261 g/mol. The Morgan fingerprint density at radius 3 is 3.16 bits per heavy atom. The minimum Gasteiger partial charge on any atom is -0.493 e. The maximum atomic E-state index is 5.96. The van der Waals surface area contributed by atoms with Crippen molar-refractivity contribution >= 4 is 0 Å². The summed E-state index contributed by atoms with van der Waals surface area (Å²) in [5, 5.41) is 3.52. The lowest BCUT2D eigenvalue weighted by atomic mass is 9.93. The van der Waals surface area contributed by atoms with Crippen LogP contribution < -0.4 is 10.1 Å². The van der Waals surface area contributed by atoms with E-state index in [0.29, 0.717) is 5.92 Å². The third kappa shape index (κ3) is 2.77. The molecular weight excluding hydrogens is 238 g/mol. The molecule has 0 amide bonds. The molecule has 1 N–H and O–H groups in total. The topological polar surface area (TPSA) is 30.5 Å². The van der Waals surface area contributed by atoms with Crippen molar-refractivity contribution in [3.05, 3.63) is 29.3 Å². The van der Waals surface area contributed by atoms with Crippen LogP contribution in [0.1, 0.15) is 37.0 Å². The van der Waals surface area contributed by atoms with E-state index in [-0.39, 0.29) is 6.10 Å². The second-order valence-electron chi connectivity index (χ2n) is 5.51. The third-order valence-electron chi connectivity index (χ3n) is 4.09. The van der Waals surface area contributed by atoms with Gasteiger partial charge in [0.15, 0.2) is 0 Å². The van der Waals surface area contributed by atoms with Gasteiger partial charge in [-0.2, -0.15) is 0 Å². The van der Waals surface area contributed by atoms with Crippen LogP contribution in [-0.4, -0.2) is 26.3 Å². The fourth-order valence-electron chi connectivity index (χ4n) is 3.06. The van der Waals surface area contributed by atoms with Gasteiger partial charge in [-0.05, 0) is 42.6 Å². The summed E-state index contributed by atoms with van der Waals surface area (Å²) in [5.74, 6) is 1.66. The van der Waals surface area contributed by atoms with E-state index in [1.54, 1.807) is 0 Å². The van der Waals surface area contributed by atoms with Crippen LogP contribution in [0.2, 0.25) is 0 Å². The first kappa shape index (κ1) is 12.9. The average Bonchev–Trinajstić information content (AvgIpc) is 3.06. The maximum absolute atomic E-state index is 5.96. The highest BCUT2D eigenvalue weighted by molar-refractivity contribution is 5.40. The van der Waals surface area contributed by atoms with Crippen LogP contribution in [0.4, 0.5) is 0 Å². The van der Waals surface area contributed by atoms with Crippen molar-refractivity contribution < 1.29 is 9.47 Å². The lowest BCUT2D eigenvalue weighted by Gasteiger charge is -2.20. The summed E-state index contributed by atoms with van der Waals surface area (Å²) in [5.41, 5.74) is 2.67. The Labute approximate surface area is 115 Å². The molecule has 3 heteroatoms. The van der Waals surface area contributed by atoms with Crippen molar-refractivity contribution in [1.82, 2.24) is 5.32 Å². The Hall–Kier alpha value is -1.06. The molecule has 0 aromatic heterocycles. The van der Waals surface area contributed by atoms with Crippen LogP contribution in [0.15, 0.2) is 18.2 Å². The van der Waals surface area contributed by atoms with E-state index in [0.717, 1.165) is 44.9 Å². The molecule has 3 rings (SSSR count). The highest BCUT2D eigenvalue weighted by atomic mass is 16.5. The van der Waals surface area contributed by atoms with Crippen LogP contribution in [-0.2, 0) is 11.2 Å². The van der Waals surface area contributed by atoms with Gasteiger partial charge < -0.3 is 14.8 Å². The predicted molar refractivity (Wildman–Crippen MR) is 75.6 cm³/mol. The number of hydrogen-bond donors (Lipinski definition) is 1. The molecule has 2 aliphatic heterocycles. The second-order valence-corrected chi connectivity index (χ2v) is 5.51. The molecule has 1 aromatic carbocycles. The summed E-state index contributed by atoms with van der Waals surface area (Å²) in [6, 6.07) is 6.56. The summed E-state index contributed by atoms with van der Waals surface area (Å²) in [6.07, 6.45) is 3.65. The maximum Gasteiger partial charge on any atom is 0.122 e. The zero-order chi connectivity index (χ0) is 13.1. The van der Waals surface area contributed by atoms with Crippen LogP contribution >= 0.6 is 0 Å². The zero-order valence-corrected chi connectivity index (χ0v) is 11.7. The second kappa shape index (κ2) is 5.93. The highest BCUT2D eigenvalue weighted by Crippen LogP contribution is 2.37. The van der Waals surface area contributed by atoms with Crippen molar-refractivity contribution in [1.29, 1.82) is 0 Å². The van der Waals surface area contributed by atoms with Gasteiger partial charge in [-0.3, -0.25) is 0 Å². The third-order valence-corrected chi connectivity index (χ3v) is 4.09. The molecule has 0 aliphatic carbocycles. The van der Waals surface area contributed by atoms with Gasteiger partial charge in [0.2, 0.25) is 0 Å². The summed E-state index contributed by atoms with van der Waals surface area (Å²) >= 11 is 0. The van der Waals surface area contributed by atoms with Crippen LogP contribution in [0.25, 0.3) is 0 Å². The van der Waals surface area contributed by atoms with Gasteiger partial charge in [0.25, 0.3) is 0 Å². The summed E-state index contributed by atoms with van der Waals surface area (Å²) in [6.45, 7) is 6.08. The fourth-order valence-corrected chi connectivity index (χ4v) is 3.06. The molecule has 0 radical (unpaired) electrons. The summed E-state index contributed by atoms with van der Waals surface area (Å²) < 4.78 is 11.5. The molecule has 0 saturated carbocycles. The van der Waals surface area contributed by atoms with E-state index in [4.69, 9.17) is 9.47 Å². The lowest BCUT2D eigenvalue weighted by Crippen LogP contribution is -2.25. The molecule has 19 heavy (non-hydrogen) atoms. The molecule has 2 atom stereocenters. The quantitative estimate of drug-likeness (QED) is 0.827. The number of ether oxygens (including phenoxy) is 2. The Morgan fingerprint density at radius 1 is 1.32 bits per heavy atom. The summed E-state index contributed by atoms with van der Waals surface area (Å²) in [7, 11) is 0. The molecule has 1 saturated heterocycles. The molecule has 2 aliphatic rings. The Bertz CT molecular complexity index is 433. The van der Waals surface area contributed by atoms with Crippen LogP contribution in [0.5, 0.6) is 5.75 Å². The first-order chi connectivity index (χ1) is 9.38. The highest BCUT2D eigenvalue weighted by Gasteiger charge is 2.30. The molecule has 104 valence electrons. The van der Waals surface area contributed by atoms with Crippen molar-refractivity contribution in [2.24, 2.45) is 5.92 Å². The van der Waals surface area contributed by atoms with Crippen LogP contribution in [0, 0.1) is 5.92 Å². The smallest absolute Gasteiger partial charge is 0.122 e. The van der Waals surface area contributed by atoms with Gasteiger partial charge >= 0.3 is 0 Å². The molecule has 3 nitrogen and oxygen atoms in total. The fraction of sp³-hybridized carbons (Fsp3) is 0.625. The lowest BCUT2D eigenvalue weighted by molar-refractivity contribution is 0.0905. The molecule has 0 bridgehead atoms. The minimum absolute atomic E-state index is 0.259. The number of hydrogen-bond acceptors (Lipinski definition) is 3. The SMILES string of the molecule is CCCNCC1CCOC1c1ccc2c(c1)CCO2. The van der Waals surface area contributed by atoms with Crippen LogP contribution in [0.3, 0.4) is 0 Å². The van der Waals surface area contributed by atoms with Gasteiger partial charge in [-0.15, -0.1) is 0 Å². The van der Waals surface area contributed by atoms with E-state index in [1.165, 1.54) is 17.5 Å². The molecule has 0 spiro atoms. The van der Waals surface area contributed by atoms with Crippen molar-refractivity contribution in [3.8, 4) is 5.75 Å². The first-order valence-corrected chi connectivity index (χ1v) is 7.46. The number of benzene rings is 1. The van der Waals surface area contributed by atoms with Gasteiger partial charge in [0, 0.05) is 25.5 Å². The largest absolute Gasteiger partial charge is 0.493 e. The molecule has 1 fully saturated rings. The standard InChI is InChI=1S/C16H23NO2/c1-2-7-17-11-14-6-9-19-16(14)13-3-4-15-12(10-13)5-8-18-15/h3-4,10,14,16-17H,2,5-9,11H2,1H3. The van der Waals surface area contributed by atoms with E-state index in [9.17, 15) is 0 Å². The van der Waals surface area contributed by atoms with Crippen molar-refractivity contribution in [2.45, 2.75) is 32.3 Å². The monoisotopic (exact) mass is 261 g/mol. The van der Waals surface area contributed by atoms with E-state index >= 15 is 0 Å². The number of nitrogens with one attached hydrogen (secondary N) is 1. The normalized spacial score (nSPS) is 25.3. The van der Waals surface area contributed by atoms with E-state index in [1.807, 2.05) is 0 Å². The Balaban J connectivity index is 1.69. The van der Waals surface area contributed by atoms with E-state index < -0.39 is 0 Å². The Morgan fingerprint density at radius 2 is 2.26 bits per heavy atom. The molecule has 2 heterocycles. The molecule has 1 aromatic rings. The first-order valence-electron chi connectivity index (χ1n) is 7.46. The number of fused-ring (bicyclic) bond motifs is 1. The zero-order valence-electron chi connectivity index (χ0n) is 11.7. The van der Waals surface area contributed by atoms with Gasteiger partial charge in [-0.25, -0.2) is 0 Å². The van der Waals surface area contributed by atoms with Gasteiger partial charge in [-0.1, -0.05) is 13.0 Å². The summed E-state index contributed by atoms with van der Waals surface area (Å²) in [4.78, 5) is 0. The van der Waals surface area contributed by atoms with Crippen molar-refractivity contribution in [2.75, 3.05) is 26.3 Å². The number of rotatable bonds is 5. The van der Waals surface area contributed by atoms with Gasteiger partial charge in [0.1, 0.15) is 5.75 Å². The predicted octanol–water partition coefficient (Wildman–Crippen LogP) is 2.70. The van der Waals surface area contributed by atoms with Crippen molar-refractivity contribution in [3.63, 3.8) is 0 Å². The molecular formula is C16H23NO2. The molecule has 2 unspecified atom stereocenters. The van der Waals surface area contributed by atoms with Gasteiger partial charge in [0.05, 0.1) is 12.7 Å². The minimum atomic E-state index is 0.259. The van der Waals surface area contributed by atoms with E-state index in [2.05, 4.69) is 30.4 Å². The Kier molecular flexibility index (Phi) is 4.04.